The largest absolute Gasteiger partial charge is 0.438 e. The molecule has 1 N–H and O–H groups in total. The summed E-state index contributed by atoms with van der Waals surface area (Å²) in [7, 11) is 1.45. The third-order valence-electron chi connectivity index (χ3n) is 3.71. The van der Waals surface area contributed by atoms with Gasteiger partial charge in [-0.1, -0.05) is 54.0 Å². The van der Waals surface area contributed by atoms with Gasteiger partial charge in [-0.3, -0.25) is 4.79 Å². The Labute approximate surface area is 149 Å². The molecule has 3 rings (SSSR count). The molecule has 0 saturated carbocycles. The number of nitrogens with zero attached hydrogens (tertiary/aromatic N) is 1. The van der Waals surface area contributed by atoms with Crippen LogP contribution in [0.4, 0.5) is 0 Å². The lowest BCUT2D eigenvalue weighted by Crippen LogP contribution is -2.15. The molecule has 5 nitrogen and oxygen atoms in total. The predicted molar refractivity (Wildman–Crippen MR) is 100 cm³/mol. The van der Waals surface area contributed by atoms with E-state index in [1.54, 1.807) is 12.1 Å². The van der Waals surface area contributed by atoms with Gasteiger partial charge in [0.2, 0.25) is 5.90 Å². The van der Waals surface area contributed by atoms with Crippen LogP contribution < -0.4 is 10.3 Å². The van der Waals surface area contributed by atoms with E-state index in [1.807, 2.05) is 43.3 Å². The quantitative estimate of drug-likeness (QED) is 0.422. The highest BCUT2D eigenvalue weighted by Crippen LogP contribution is 2.34. The van der Waals surface area contributed by atoms with Crippen molar-refractivity contribution < 1.29 is 9.57 Å². The van der Waals surface area contributed by atoms with E-state index in [9.17, 15) is 4.79 Å². The summed E-state index contributed by atoms with van der Waals surface area (Å²) in [5, 5.41) is 5.15. The van der Waals surface area contributed by atoms with E-state index in [1.165, 1.54) is 7.11 Å². The van der Waals surface area contributed by atoms with Crippen LogP contribution in [0.25, 0.3) is 22.0 Å². The van der Waals surface area contributed by atoms with Gasteiger partial charge >= 0.3 is 0 Å². The van der Waals surface area contributed by atoms with Crippen LogP contribution in [0.1, 0.15) is 13.3 Å². The van der Waals surface area contributed by atoms with Crippen LogP contribution in [0, 0.1) is 0 Å². The third-order valence-corrected chi connectivity index (χ3v) is 3.94. The van der Waals surface area contributed by atoms with Gasteiger partial charge in [0.25, 0.3) is 5.56 Å². The van der Waals surface area contributed by atoms with Gasteiger partial charge in [-0.2, -0.15) is 0 Å². The van der Waals surface area contributed by atoms with Gasteiger partial charge in [0.1, 0.15) is 7.11 Å². The first-order valence-corrected chi connectivity index (χ1v) is 8.20. The number of aromatic nitrogens is 1. The molecule has 0 aliphatic heterocycles. The van der Waals surface area contributed by atoms with Crippen molar-refractivity contribution in [3.05, 3.63) is 63.9 Å². The topological polar surface area (TPSA) is 63.7 Å². The first-order chi connectivity index (χ1) is 12.1. The molecular weight excluding hydrogens is 340 g/mol. The molecule has 0 saturated heterocycles. The molecular formula is C19H17ClN2O3. The highest BCUT2D eigenvalue weighted by molar-refractivity contribution is 6.31. The monoisotopic (exact) mass is 356 g/mol. The lowest BCUT2D eigenvalue weighted by atomic mass is 10.0. The summed E-state index contributed by atoms with van der Waals surface area (Å²) in [4.78, 5) is 20.4. The number of halogens is 1. The Kier molecular flexibility index (Phi) is 5.05. The smallest absolute Gasteiger partial charge is 0.260 e. The Bertz CT molecular complexity index is 981. The normalized spacial score (nSPS) is 11.6. The standard InChI is InChI=1S/C19H17ClN2O3/c1-3-16(22-24-2)25-18-14-10-9-13(20)11-15(14)21-19(23)17(18)12-7-5-4-6-8-12/h4-11H,3H2,1-2H3,(H,21,23)/b22-16-. The van der Waals surface area contributed by atoms with Crippen LogP contribution in [-0.4, -0.2) is 18.0 Å². The molecule has 0 aliphatic rings. The molecule has 6 heteroatoms. The van der Waals surface area contributed by atoms with Gasteiger partial charge < -0.3 is 14.6 Å². The van der Waals surface area contributed by atoms with Crippen molar-refractivity contribution in [3.8, 4) is 16.9 Å². The van der Waals surface area contributed by atoms with Crippen LogP contribution in [-0.2, 0) is 4.84 Å². The summed E-state index contributed by atoms with van der Waals surface area (Å²) in [5.41, 5.74) is 1.53. The number of rotatable bonds is 4. The van der Waals surface area contributed by atoms with Crippen LogP contribution in [0.5, 0.6) is 5.75 Å². The minimum atomic E-state index is -0.260. The van der Waals surface area contributed by atoms with Crippen molar-refractivity contribution in [2.75, 3.05) is 7.11 Å². The van der Waals surface area contributed by atoms with E-state index in [0.717, 1.165) is 10.9 Å². The number of H-pyrrole nitrogens is 1. The summed E-state index contributed by atoms with van der Waals surface area (Å²) in [6, 6.07) is 14.6. The average molecular weight is 357 g/mol. The fourth-order valence-electron chi connectivity index (χ4n) is 2.59. The van der Waals surface area contributed by atoms with Gasteiger partial charge in [0.15, 0.2) is 5.75 Å². The molecule has 1 heterocycles. The fraction of sp³-hybridized carbons (Fsp3) is 0.158. The van der Waals surface area contributed by atoms with Crippen molar-refractivity contribution in [3.63, 3.8) is 0 Å². The Hall–Kier alpha value is -2.79. The Morgan fingerprint density at radius 2 is 1.96 bits per heavy atom. The molecule has 2 aromatic carbocycles. The third kappa shape index (κ3) is 3.51. The number of fused-ring (bicyclic) bond motifs is 1. The molecule has 0 atom stereocenters. The number of nitrogens with one attached hydrogen (secondary N) is 1. The Balaban J connectivity index is 2.32. The maximum atomic E-state index is 12.7. The van der Waals surface area contributed by atoms with Crippen LogP contribution in [0.3, 0.4) is 0 Å². The molecule has 25 heavy (non-hydrogen) atoms. The highest BCUT2D eigenvalue weighted by Gasteiger charge is 2.18. The molecule has 0 unspecified atom stereocenters. The van der Waals surface area contributed by atoms with Gasteiger partial charge in [-0.25, -0.2) is 0 Å². The summed E-state index contributed by atoms with van der Waals surface area (Å²) in [6.07, 6.45) is 0.518. The van der Waals surface area contributed by atoms with Gasteiger partial charge in [-0.05, 0) is 23.8 Å². The van der Waals surface area contributed by atoms with E-state index in [0.29, 0.717) is 34.2 Å². The van der Waals surface area contributed by atoms with E-state index in [2.05, 4.69) is 10.1 Å². The van der Waals surface area contributed by atoms with Crippen LogP contribution in [0.15, 0.2) is 58.5 Å². The number of hydrogen-bond acceptors (Lipinski definition) is 4. The van der Waals surface area contributed by atoms with Crippen LogP contribution >= 0.6 is 11.6 Å². The number of pyridine rings is 1. The maximum absolute atomic E-state index is 12.7. The minimum absolute atomic E-state index is 0.260. The molecule has 3 aromatic rings. The molecule has 0 bridgehead atoms. The second-order valence-electron chi connectivity index (χ2n) is 5.34. The molecule has 0 fully saturated rings. The summed E-state index contributed by atoms with van der Waals surface area (Å²) >= 11 is 6.06. The molecule has 0 radical (unpaired) electrons. The highest BCUT2D eigenvalue weighted by atomic mass is 35.5. The van der Waals surface area contributed by atoms with Crippen molar-refractivity contribution in [1.29, 1.82) is 0 Å². The SMILES string of the molecule is CC/C(=N/OC)Oc1c(-c2ccccc2)c(=O)[nH]c2cc(Cl)ccc12. The first kappa shape index (κ1) is 17.0. The zero-order chi connectivity index (χ0) is 17.8. The summed E-state index contributed by atoms with van der Waals surface area (Å²) in [6.45, 7) is 1.90. The van der Waals surface area contributed by atoms with E-state index in [-0.39, 0.29) is 5.56 Å². The average Bonchev–Trinajstić information content (AvgIpc) is 2.61. The molecule has 0 aliphatic carbocycles. The van der Waals surface area contributed by atoms with Gasteiger partial charge in [-0.15, -0.1) is 0 Å². The lowest BCUT2D eigenvalue weighted by Gasteiger charge is -2.14. The molecule has 1 aromatic heterocycles. The first-order valence-electron chi connectivity index (χ1n) is 7.83. The number of ether oxygens (including phenoxy) is 1. The second-order valence-corrected chi connectivity index (χ2v) is 5.77. The van der Waals surface area contributed by atoms with Crippen molar-refractivity contribution in [2.24, 2.45) is 5.16 Å². The van der Waals surface area contributed by atoms with Crippen molar-refractivity contribution in [2.45, 2.75) is 13.3 Å². The van der Waals surface area contributed by atoms with Gasteiger partial charge in [0, 0.05) is 16.8 Å². The number of aromatic amines is 1. The maximum Gasteiger partial charge on any atom is 0.260 e. The summed E-state index contributed by atoms with van der Waals surface area (Å²) < 4.78 is 5.99. The number of oxime groups is 1. The fourth-order valence-corrected chi connectivity index (χ4v) is 2.76. The minimum Gasteiger partial charge on any atom is -0.438 e. The van der Waals surface area contributed by atoms with E-state index < -0.39 is 0 Å². The van der Waals surface area contributed by atoms with Crippen molar-refractivity contribution >= 4 is 28.4 Å². The van der Waals surface area contributed by atoms with Crippen LogP contribution in [0.2, 0.25) is 5.02 Å². The molecule has 0 amide bonds. The zero-order valence-electron chi connectivity index (χ0n) is 13.9. The Morgan fingerprint density at radius 1 is 1.20 bits per heavy atom. The number of benzene rings is 2. The lowest BCUT2D eigenvalue weighted by molar-refractivity contribution is 0.204. The molecule has 128 valence electrons. The second kappa shape index (κ2) is 7.40. The Morgan fingerprint density at radius 3 is 2.64 bits per heavy atom. The van der Waals surface area contributed by atoms with Crippen molar-refractivity contribution in [1.82, 2.24) is 4.98 Å². The predicted octanol–water partition coefficient (Wildman–Crippen LogP) is 4.60. The van der Waals surface area contributed by atoms with Gasteiger partial charge in [0.05, 0.1) is 11.1 Å². The zero-order valence-corrected chi connectivity index (χ0v) is 14.6. The molecule has 0 spiro atoms. The van der Waals surface area contributed by atoms with E-state index in [4.69, 9.17) is 21.2 Å². The number of hydrogen-bond donors (Lipinski definition) is 1. The van der Waals surface area contributed by atoms with E-state index >= 15 is 0 Å². The summed E-state index contributed by atoms with van der Waals surface area (Å²) in [5.74, 6) is 0.806.